The Morgan fingerprint density at radius 1 is 1.17 bits per heavy atom. The number of nitrogens with zero attached hydrogens (tertiary/aromatic N) is 2. The van der Waals surface area contributed by atoms with Crippen molar-refractivity contribution in [3.05, 3.63) is 59.7 Å². The van der Waals surface area contributed by atoms with E-state index in [-0.39, 0.29) is 12.5 Å². The lowest BCUT2D eigenvalue weighted by molar-refractivity contribution is -0.116. The van der Waals surface area contributed by atoms with E-state index in [1.165, 1.54) is 11.8 Å². The van der Waals surface area contributed by atoms with Crippen molar-refractivity contribution in [1.29, 1.82) is 0 Å². The molecule has 116 valence electrons. The van der Waals surface area contributed by atoms with Crippen LogP contribution in [-0.2, 0) is 11.4 Å². The predicted octanol–water partition coefficient (Wildman–Crippen LogP) is 2.40. The smallest absolute Gasteiger partial charge is 0.236 e. The maximum atomic E-state index is 11.1. The summed E-state index contributed by atoms with van der Waals surface area (Å²) in [5.41, 5.74) is 3.95. The Morgan fingerprint density at radius 2 is 2.00 bits per heavy atom. The standard InChI is InChI=1S/C17H15N3O2S/c21-10-12-4-6-14(7-5-12)15-3-1-2-13(8-15)9-18-20-17-19-16(22)11-23-17/h1-9,21H,10-11H2,(H,19,20,22). The fourth-order valence-corrected chi connectivity index (χ4v) is 2.76. The first-order chi connectivity index (χ1) is 11.2. The number of rotatable bonds is 4. The number of amidine groups is 1. The molecule has 0 unspecified atom stereocenters. The third-order valence-electron chi connectivity index (χ3n) is 3.30. The van der Waals surface area contributed by atoms with Gasteiger partial charge in [-0.15, -0.1) is 5.10 Å². The average Bonchev–Trinajstić information content (AvgIpc) is 3.00. The minimum absolute atomic E-state index is 0.0435. The van der Waals surface area contributed by atoms with Crippen molar-refractivity contribution in [3.8, 4) is 11.1 Å². The molecule has 0 spiro atoms. The molecule has 0 aromatic heterocycles. The Morgan fingerprint density at radius 3 is 2.70 bits per heavy atom. The molecule has 2 N–H and O–H groups in total. The van der Waals surface area contributed by atoms with Crippen molar-refractivity contribution in [2.45, 2.75) is 6.61 Å². The third kappa shape index (κ3) is 4.06. The molecule has 2 aromatic rings. The molecule has 1 amide bonds. The lowest BCUT2D eigenvalue weighted by atomic mass is 10.0. The molecule has 2 aromatic carbocycles. The summed E-state index contributed by atoms with van der Waals surface area (Å²) in [4.78, 5) is 11.1. The van der Waals surface area contributed by atoms with Crippen LogP contribution >= 0.6 is 11.8 Å². The first-order valence-electron chi connectivity index (χ1n) is 7.08. The summed E-state index contributed by atoms with van der Waals surface area (Å²) in [6, 6.07) is 15.7. The molecule has 1 heterocycles. The number of carbonyl (C=O) groups is 1. The summed E-state index contributed by atoms with van der Waals surface area (Å²) in [7, 11) is 0. The van der Waals surface area contributed by atoms with Gasteiger partial charge in [0, 0.05) is 0 Å². The lowest BCUT2D eigenvalue weighted by Gasteiger charge is -2.04. The van der Waals surface area contributed by atoms with Crippen molar-refractivity contribution < 1.29 is 9.90 Å². The van der Waals surface area contributed by atoms with Crippen LogP contribution < -0.4 is 5.32 Å². The average molecular weight is 325 g/mol. The molecule has 0 saturated carbocycles. The highest BCUT2D eigenvalue weighted by atomic mass is 32.2. The summed E-state index contributed by atoms with van der Waals surface area (Å²) >= 11 is 1.34. The van der Waals surface area contributed by atoms with Crippen LogP contribution in [-0.4, -0.2) is 28.1 Å². The first kappa shape index (κ1) is 15.5. The second-order valence-corrected chi connectivity index (χ2v) is 5.93. The zero-order chi connectivity index (χ0) is 16.1. The van der Waals surface area contributed by atoms with Crippen molar-refractivity contribution in [2.24, 2.45) is 10.2 Å². The second kappa shape index (κ2) is 7.21. The zero-order valence-electron chi connectivity index (χ0n) is 12.3. The fraction of sp³-hybridized carbons (Fsp3) is 0.118. The summed E-state index contributed by atoms with van der Waals surface area (Å²) in [6.07, 6.45) is 1.66. The molecule has 0 atom stereocenters. The van der Waals surface area contributed by atoms with Gasteiger partial charge in [0.25, 0.3) is 0 Å². The van der Waals surface area contributed by atoms with E-state index in [0.717, 1.165) is 22.3 Å². The van der Waals surface area contributed by atoms with Gasteiger partial charge in [-0.05, 0) is 28.3 Å². The van der Waals surface area contributed by atoms with Gasteiger partial charge in [0.15, 0.2) is 5.17 Å². The number of hydrogen-bond donors (Lipinski definition) is 2. The molecule has 1 aliphatic rings. The quantitative estimate of drug-likeness (QED) is 0.669. The Kier molecular flexibility index (Phi) is 4.85. The van der Waals surface area contributed by atoms with E-state index in [9.17, 15) is 4.79 Å². The molecule has 0 bridgehead atoms. The van der Waals surface area contributed by atoms with Crippen LogP contribution in [0.5, 0.6) is 0 Å². The predicted molar refractivity (Wildman–Crippen MR) is 93.4 cm³/mol. The summed E-state index contributed by atoms with van der Waals surface area (Å²) in [5, 5.41) is 20.2. The van der Waals surface area contributed by atoms with Gasteiger partial charge in [-0.2, -0.15) is 5.10 Å². The maximum absolute atomic E-state index is 11.1. The maximum Gasteiger partial charge on any atom is 0.236 e. The highest BCUT2D eigenvalue weighted by Crippen LogP contribution is 2.20. The van der Waals surface area contributed by atoms with Crippen LogP contribution in [0.3, 0.4) is 0 Å². The van der Waals surface area contributed by atoms with E-state index in [4.69, 9.17) is 5.11 Å². The van der Waals surface area contributed by atoms with Gasteiger partial charge in [-0.3, -0.25) is 4.79 Å². The number of benzene rings is 2. The monoisotopic (exact) mass is 325 g/mol. The molecule has 5 nitrogen and oxygen atoms in total. The number of thioether (sulfide) groups is 1. The number of carbonyl (C=O) groups excluding carboxylic acids is 1. The van der Waals surface area contributed by atoms with Gasteiger partial charge in [0.2, 0.25) is 5.91 Å². The van der Waals surface area contributed by atoms with Gasteiger partial charge in [-0.25, -0.2) is 0 Å². The zero-order valence-corrected chi connectivity index (χ0v) is 13.1. The second-order valence-electron chi connectivity index (χ2n) is 4.97. The number of aliphatic hydroxyl groups excluding tert-OH is 1. The van der Waals surface area contributed by atoms with Crippen LogP contribution in [0.25, 0.3) is 11.1 Å². The van der Waals surface area contributed by atoms with E-state index in [1.54, 1.807) is 6.21 Å². The molecule has 0 radical (unpaired) electrons. The number of nitrogens with one attached hydrogen (secondary N) is 1. The number of hydrogen-bond acceptors (Lipinski definition) is 5. The molecule has 3 rings (SSSR count). The molecule has 1 aliphatic heterocycles. The first-order valence-corrected chi connectivity index (χ1v) is 8.07. The van der Waals surface area contributed by atoms with E-state index in [0.29, 0.717) is 10.9 Å². The summed E-state index contributed by atoms with van der Waals surface area (Å²) in [6.45, 7) is 0.0435. The third-order valence-corrected chi connectivity index (χ3v) is 4.16. The SMILES string of the molecule is O=C1CSC(=NN=Cc2cccc(-c3ccc(CO)cc3)c2)N1. The van der Waals surface area contributed by atoms with Crippen LogP contribution in [0.1, 0.15) is 11.1 Å². The highest BCUT2D eigenvalue weighted by molar-refractivity contribution is 8.15. The highest BCUT2D eigenvalue weighted by Gasteiger charge is 2.15. The summed E-state index contributed by atoms with van der Waals surface area (Å²) < 4.78 is 0. The number of amides is 1. The van der Waals surface area contributed by atoms with Crippen molar-refractivity contribution in [2.75, 3.05) is 5.75 Å². The molecule has 1 saturated heterocycles. The summed E-state index contributed by atoms with van der Waals surface area (Å²) in [5.74, 6) is 0.352. The van der Waals surface area contributed by atoms with Gasteiger partial charge < -0.3 is 10.4 Å². The minimum atomic E-state index is -0.0442. The van der Waals surface area contributed by atoms with Gasteiger partial charge >= 0.3 is 0 Å². The van der Waals surface area contributed by atoms with Crippen LogP contribution in [0.2, 0.25) is 0 Å². The van der Waals surface area contributed by atoms with E-state index in [1.807, 2.05) is 48.5 Å². The molecular weight excluding hydrogens is 310 g/mol. The fourth-order valence-electron chi connectivity index (χ4n) is 2.13. The van der Waals surface area contributed by atoms with Gasteiger partial charge in [-0.1, -0.05) is 54.2 Å². The molecule has 1 fully saturated rings. The molecule has 0 aliphatic carbocycles. The minimum Gasteiger partial charge on any atom is -0.392 e. The Labute approximate surface area is 138 Å². The van der Waals surface area contributed by atoms with E-state index >= 15 is 0 Å². The van der Waals surface area contributed by atoms with Crippen LogP contribution in [0.4, 0.5) is 0 Å². The van der Waals surface area contributed by atoms with E-state index in [2.05, 4.69) is 15.5 Å². The van der Waals surface area contributed by atoms with Crippen LogP contribution in [0.15, 0.2) is 58.7 Å². The molecule has 23 heavy (non-hydrogen) atoms. The van der Waals surface area contributed by atoms with Crippen molar-refractivity contribution in [3.63, 3.8) is 0 Å². The number of aliphatic hydroxyl groups is 1. The Bertz CT molecular complexity index is 770. The molecule has 6 heteroatoms. The lowest BCUT2D eigenvalue weighted by Crippen LogP contribution is -2.19. The van der Waals surface area contributed by atoms with Gasteiger partial charge in [0.1, 0.15) is 0 Å². The Hall–Kier alpha value is -2.44. The van der Waals surface area contributed by atoms with Crippen molar-refractivity contribution in [1.82, 2.24) is 5.32 Å². The Balaban J connectivity index is 1.75. The normalized spacial score (nSPS) is 16.2. The van der Waals surface area contributed by atoms with E-state index < -0.39 is 0 Å². The largest absolute Gasteiger partial charge is 0.392 e. The van der Waals surface area contributed by atoms with Crippen molar-refractivity contribution >= 4 is 29.1 Å². The van der Waals surface area contributed by atoms with Crippen LogP contribution in [0, 0.1) is 0 Å². The molecular formula is C17H15N3O2S. The topological polar surface area (TPSA) is 74.0 Å². The van der Waals surface area contributed by atoms with Gasteiger partial charge in [0.05, 0.1) is 18.6 Å².